The Kier molecular flexibility index (Phi) is 6.53. The van der Waals surface area contributed by atoms with Crippen molar-refractivity contribution in [2.24, 2.45) is 0 Å². The summed E-state index contributed by atoms with van der Waals surface area (Å²) in [5, 5.41) is 3.44. The molecule has 0 saturated carbocycles. The molecule has 0 aliphatic carbocycles. The van der Waals surface area contributed by atoms with E-state index in [-0.39, 0.29) is 11.7 Å². The van der Waals surface area contributed by atoms with Gasteiger partial charge in [0.15, 0.2) is 5.78 Å². The number of rotatable bonds is 7. The lowest BCUT2D eigenvalue weighted by molar-refractivity contribution is 0.0941. The predicted molar refractivity (Wildman–Crippen MR) is 96.8 cm³/mol. The molecule has 0 aliphatic rings. The number of carbonyl (C=O) groups excluding carboxylic acids is 2. The van der Waals surface area contributed by atoms with Crippen LogP contribution >= 0.6 is 11.6 Å². The summed E-state index contributed by atoms with van der Waals surface area (Å²) in [6.07, 6.45) is 0.853. The highest BCUT2D eigenvalue weighted by atomic mass is 35.5. The normalized spacial score (nSPS) is 10.7. The molecule has 0 bridgehead atoms. The minimum atomic E-state index is -0.230. The maximum absolute atomic E-state index is 12.7. The quantitative estimate of drug-likeness (QED) is 0.619. The Labute approximate surface area is 147 Å². The van der Waals surface area contributed by atoms with Gasteiger partial charge in [-0.05, 0) is 57.4 Å². The molecule has 0 aromatic heterocycles. The molecule has 0 spiro atoms. The second-order valence-corrected chi connectivity index (χ2v) is 6.23. The number of hydrogen-bond acceptors (Lipinski definition) is 3. The SMILES string of the molecule is CN(C)CCCNC(=O)c1ccccc1C(=O)c1ccc(Cl)cc1. The third kappa shape index (κ3) is 4.91. The van der Waals surface area contributed by atoms with Gasteiger partial charge in [0.25, 0.3) is 5.91 Å². The lowest BCUT2D eigenvalue weighted by Crippen LogP contribution is -2.28. The first-order valence-corrected chi connectivity index (χ1v) is 8.19. The lowest BCUT2D eigenvalue weighted by Gasteiger charge is -2.11. The number of nitrogens with one attached hydrogen (secondary N) is 1. The van der Waals surface area contributed by atoms with Crippen LogP contribution < -0.4 is 5.32 Å². The van der Waals surface area contributed by atoms with Gasteiger partial charge in [0.05, 0.1) is 5.56 Å². The van der Waals surface area contributed by atoms with E-state index in [9.17, 15) is 9.59 Å². The molecule has 5 heteroatoms. The van der Waals surface area contributed by atoms with E-state index in [4.69, 9.17) is 11.6 Å². The van der Waals surface area contributed by atoms with Crippen molar-refractivity contribution in [2.45, 2.75) is 6.42 Å². The van der Waals surface area contributed by atoms with Gasteiger partial charge in [-0.15, -0.1) is 0 Å². The maximum Gasteiger partial charge on any atom is 0.252 e. The lowest BCUT2D eigenvalue weighted by atomic mass is 9.98. The molecule has 2 aromatic rings. The van der Waals surface area contributed by atoms with Gasteiger partial charge < -0.3 is 10.2 Å². The van der Waals surface area contributed by atoms with Crippen LogP contribution in [-0.2, 0) is 0 Å². The highest BCUT2D eigenvalue weighted by Gasteiger charge is 2.17. The van der Waals surface area contributed by atoms with Crippen LogP contribution in [-0.4, -0.2) is 43.8 Å². The van der Waals surface area contributed by atoms with Crippen LogP contribution in [0.3, 0.4) is 0 Å². The number of amides is 1. The molecule has 0 heterocycles. The van der Waals surface area contributed by atoms with Crippen LogP contribution in [0.4, 0.5) is 0 Å². The van der Waals surface area contributed by atoms with E-state index >= 15 is 0 Å². The average Bonchev–Trinajstić information content (AvgIpc) is 2.58. The van der Waals surface area contributed by atoms with Gasteiger partial charge in [-0.25, -0.2) is 0 Å². The van der Waals surface area contributed by atoms with Crippen LogP contribution in [0.25, 0.3) is 0 Å². The molecular formula is C19H21ClN2O2. The second-order valence-electron chi connectivity index (χ2n) is 5.79. The minimum absolute atomic E-state index is 0.189. The van der Waals surface area contributed by atoms with Crippen molar-refractivity contribution >= 4 is 23.3 Å². The Morgan fingerprint density at radius 3 is 2.25 bits per heavy atom. The van der Waals surface area contributed by atoms with Crippen LogP contribution in [0.2, 0.25) is 5.02 Å². The molecule has 2 aromatic carbocycles. The Morgan fingerprint density at radius 2 is 1.62 bits per heavy atom. The van der Waals surface area contributed by atoms with Crippen molar-refractivity contribution in [1.29, 1.82) is 0 Å². The Hall–Kier alpha value is -2.17. The largest absolute Gasteiger partial charge is 0.352 e. The number of nitrogens with zero attached hydrogens (tertiary/aromatic N) is 1. The summed E-state index contributed by atoms with van der Waals surface area (Å²) in [4.78, 5) is 27.1. The first-order valence-electron chi connectivity index (χ1n) is 7.81. The van der Waals surface area contributed by atoms with Gasteiger partial charge in [0, 0.05) is 22.7 Å². The topological polar surface area (TPSA) is 49.4 Å². The number of carbonyl (C=O) groups is 2. The third-order valence-electron chi connectivity index (χ3n) is 3.59. The van der Waals surface area contributed by atoms with Crippen molar-refractivity contribution in [3.05, 3.63) is 70.2 Å². The van der Waals surface area contributed by atoms with E-state index in [1.54, 1.807) is 48.5 Å². The molecular weight excluding hydrogens is 324 g/mol. The van der Waals surface area contributed by atoms with Crippen molar-refractivity contribution in [3.8, 4) is 0 Å². The maximum atomic E-state index is 12.7. The highest BCUT2D eigenvalue weighted by Crippen LogP contribution is 2.17. The molecule has 1 amide bonds. The minimum Gasteiger partial charge on any atom is -0.352 e. The van der Waals surface area contributed by atoms with Gasteiger partial charge in [-0.2, -0.15) is 0 Å². The molecule has 126 valence electrons. The summed E-state index contributed by atoms with van der Waals surface area (Å²) >= 11 is 5.86. The number of hydrogen-bond donors (Lipinski definition) is 1. The number of benzene rings is 2. The average molecular weight is 345 g/mol. The Balaban J connectivity index is 2.13. The fourth-order valence-corrected chi connectivity index (χ4v) is 2.45. The zero-order valence-electron chi connectivity index (χ0n) is 13.9. The summed E-state index contributed by atoms with van der Waals surface area (Å²) in [6.45, 7) is 1.46. The van der Waals surface area contributed by atoms with Crippen LogP contribution in [0, 0.1) is 0 Å². The predicted octanol–water partition coefficient (Wildman–Crippen LogP) is 3.25. The molecule has 0 aliphatic heterocycles. The molecule has 0 saturated heterocycles. The van der Waals surface area contributed by atoms with E-state index in [1.165, 1.54) is 0 Å². The highest BCUT2D eigenvalue weighted by molar-refractivity contribution is 6.30. The molecule has 24 heavy (non-hydrogen) atoms. The molecule has 2 rings (SSSR count). The van der Waals surface area contributed by atoms with Gasteiger partial charge in [0.1, 0.15) is 0 Å². The van der Waals surface area contributed by atoms with Crippen molar-refractivity contribution < 1.29 is 9.59 Å². The summed E-state index contributed by atoms with van der Waals surface area (Å²) in [6, 6.07) is 13.5. The smallest absolute Gasteiger partial charge is 0.252 e. The summed E-state index contributed by atoms with van der Waals surface area (Å²) in [5.74, 6) is -0.419. The standard InChI is InChI=1S/C19H21ClN2O2/c1-22(2)13-5-12-21-19(24)17-7-4-3-6-16(17)18(23)14-8-10-15(20)11-9-14/h3-4,6-11H,5,12-13H2,1-2H3,(H,21,24). The first-order chi connectivity index (χ1) is 11.5. The molecule has 0 fully saturated rings. The molecule has 1 N–H and O–H groups in total. The van der Waals surface area contributed by atoms with E-state index in [2.05, 4.69) is 10.2 Å². The van der Waals surface area contributed by atoms with Gasteiger partial charge >= 0.3 is 0 Å². The van der Waals surface area contributed by atoms with E-state index in [1.807, 2.05) is 14.1 Å². The van der Waals surface area contributed by atoms with Crippen molar-refractivity contribution in [3.63, 3.8) is 0 Å². The third-order valence-corrected chi connectivity index (χ3v) is 3.84. The monoisotopic (exact) mass is 344 g/mol. The van der Waals surface area contributed by atoms with Crippen molar-refractivity contribution in [2.75, 3.05) is 27.2 Å². The Bertz CT molecular complexity index is 712. The molecule has 0 unspecified atom stereocenters. The van der Waals surface area contributed by atoms with Gasteiger partial charge in [-0.3, -0.25) is 9.59 Å². The summed E-state index contributed by atoms with van der Waals surface area (Å²) in [5.41, 5.74) is 1.29. The second kappa shape index (κ2) is 8.62. The molecule has 0 atom stereocenters. The van der Waals surface area contributed by atoms with Crippen molar-refractivity contribution in [1.82, 2.24) is 10.2 Å². The van der Waals surface area contributed by atoms with E-state index in [0.717, 1.165) is 13.0 Å². The van der Waals surface area contributed by atoms with Crippen LogP contribution in [0.15, 0.2) is 48.5 Å². The molecule has 4 nitrogen and oxygen atoms in total. The fourth-order valence-electron chi connectivity index (χ4n) is 2.33. The zero-order valence-corrected chi connectivity index (χ0v) is 14.6. The van der Waals surface area contributed by atoms with E-state index in [0.29, 0.717) is 28.3 Å². The fraction of sp³-hybridized carbons (Fsp3) is 0.263. The first kappa shape index (κ1) is 18.2. The van der Waals surface area contributed by atoms with Crippen LogP contribution in [0.1, 0.15) is 32.7 Å². The van der Waals surface area contributed by atoms with E-state index < -0.39 is 0 Å². The number of ketones is 1. The van der Waals surface area contributed by atoms with Gasteiger partial charge in [0.2, 0.25) is 0 Å². The molecule has 0 radical (unpaired) electrons. The summed E-state index contributed by atoms with van der Waals surface area (Å²) in [7, 11) is 3.98. The van der Waals surface area contributed by atoms with Gasteiger partial charge in [-0.1, -0.05) is 29.8 Å². The Morgan fingerprint density at radius 1 is 1.00 bits per heavy atom. The zero-order chi connectivity index (χ0) is 17.5. The summed E-state index contributed by atoms with van der Waals surface area (Å²) < 4.78 is 0. The number of halogens is 1. The van der Waals surface area contributed by atoms with Crippen LogP contribution in [0.5, 0.6) is 0 Å².